The lowest BCUT2D eigenvalue weighted by molar-refractivity contribution is -0.121. The highest BCUT2D eigenvalue weighted by molar-refractivity contribution is 5.76. The summed E-state index contributed by atoms with van der Waals surface area (Å²) in [6, 6.07) is 4.19. The van der Waals surface area contributed by atoms with Gasteiger partial charge in [0.15, 0.2) is 5.82 Å². The zero-order valence-corrected chi connectivity index (χ0v) is 15.1. The second kappa shape index (κ2) is 8.23. The third-order valence-electron chi connectivity index (χ3n) is 4.51. The Labute approximate surface area is 149 Å². The van der Waals surface area contributed by atoms with E-state index in [0.717, 1.165) is 36.6 Å². The normalized spacial score (nSPS) is 15.0. The molecule has 3 rings (SSSR count). The molecule has 0 bridgehead atoms. The fourth-order valence-corrected chi connectivity index (χ4v) is 3.29. The predicted octanol–water partition coefficient (Wildman–Crippen LogP) is 2.85. The lowest BCUT2D eigenvalue weighted by atomic mass is 10.1. The molecule has 134 valence electrons. The second-order valence-corrected chi connectivity index (χ2v) is 7.21. The minimum absolute atomic E-state index is 0.113. The Morgan fingerprint density at radius 3 is 2.68 bits per heavy atom. The first kappa shape index (κ1) is 17.6. The first-order chi connectivity index (χ1) is 12.1. The molecule has 0 unspecified atom stereocenters. The molecule has 0 aromatic carbocycles. The molecule has 1 aliphatic rings. The van der Waals surface area contributed by atoms with Crippen LogP contribution in [0, 0.1) is 5.92 Å². The van der Waals surface area contributed by atoms with Gasteiger partial charge < -0.3 is 5.32 Å². The number of nitrogens with zero attached hydrogens (tertiary/aromatic N) is 4. The number of aryl methyl sites for hydroxylation is 1. The summed E-state index contributed by atoms with van der Waals surface area (Å²) in [6.07, 6.45) is 10.0. The van der Waals surface area contributed by atoms with Gasteiger partial charge in [-0.1, -0.05) is 26.7 Å². The van der Waals surface area contributed by atoms with Crippen molar-refractivity contribution in [2.24, 2.45) is 5.92 Å². The van der Waals surface area contributed by atoms with Crippen LogP contribution < -0.4 is 5.32 Å². The van der Waals surface area contributed by atoms with Crippen LogP contribution in [0.3, 0.4) is 0 Å². The lowest BCUT2D eigenvalue weighted by Gasteiger charge is -2.11. The number of carbonyl (C=O) groups excluding carboxylic acids is 1. The smallest absolute Gasteiger partial charge is 0.220 e. The number of aromatic nitrogens is 4. The van der Waals surface area contributed by atoms with Crippen LogP contribution in [0.15, 0.2) is 24.5 Å². The van der Waals surface area contributed by atoms with Crippen molar-refractivity contribution in [3.05, 3.63) is 36.2 Å². The van der Waals surface area contributed by atoms with Crippen LogP contribution in [-0.4, -0.2) is 31.7 Å². The monoisotopic (exact) mass is 341 g/mol. The van der Waals surface area contributed by atoms with Crippen molar-refractivity contribution >= 4 is 5.91 Å². The summed E-state index contributed by atoms with van der Waals surface area (Å²) in [5, 5.41) is 7.79. The molecule has 2 heterocycles. The Hall–Kier alpha value is -2.24. The Kier molecular flexibility index (Phi) is 5.79. The summed E-state index contributed by atoms with van der Waals surface area (Å²) in [7, 11) is 0. The van der Waals surface area contributed by atoms with E-state index in [0.29, 0.717) is 24.8 Å². The average Bonchev–Trinajstić information content (AvgIpc) is 3.23. The van der Waals surface area contributed by atoms with E-state index in [1.807, 2.05) is 16.8 Å². The molecule has 2 aromatic rings. The van der Waals surface area contributed by atoms with Gasteiger partial charge in [-0.05, 0) is 30.9 Å². The van der Waals surface area contributed by atoms with Gasteiger partial charge in [0.25, 0.3) is 0 Å². The fraction of sp³-hybridized carbons (Fsp3) is 0.579. The van der Waals surface area contributed by atoms with Crippen LogP contribution in [0.25, 0.3) is 5.69 Å². The number of hydrogen-bond donors (Lipinski definition) is 1. The van der Waals surface area contributed by atoms with E-state index in [1.165, 1.54) is 12.8 Å². The minimum atomic E-state index is 0.113. The lowest BCUT2D eigenvalue weighted by Crippen LogP contribution is -2.32. The molecule has 0 aliphatic heterocycles. The molecule has 1 amide bonds. The summed E-state index contributed by atoms with van der Waals surface area (Å²) in [5.41, 5.74) is 0.934. The van der Waals surface area contributed by atoms with Gasteiger partial charge in [-0.25, -0.2) is 9.67 Å². The van der Waals surface area contributed by atoms with Crippen molar-refractivity contribution < 1.29 is 4.79 Å². The van der Waals surface area contributed by atoms with Crippen LogP contribution in [0.5, 0.6) is 0 Å². The van der Waals surface area contributed by atoms with Crippen molar-refractivity contribution in [1.29, 1.82) is 0 Å². The van der Waals surface area contributed by atoms with Crippen LogP contribution in [0.1, 0.15) is 57.6 Å². The van der Waals surface area contributed by atoms with Gasteiger partial charge in [-0.15, -0.1) is 0 Å². The molecule has 6 nitrogen and oxygen atoms in total. The first-order valence-electron chi connectivity index (χ1n) is 9.26. The zero-order valence-electron chi connectivity index (χ0n) is 15.1. The van der Waals surface area contributed by atoms with Gasteiger partial charge in [0.2, 0.25) is 5.91 Å². The first-order valence-corrected chi connectivity index (χ1v) is 9.26. The number of rotatable bonds is 7. The third kappa shape index (κ3) is 4.87. The number of amides is 1. The van der Waals surface area contributed by atoms with E-state index < -0.39 is 0 Å². The second-order valence-electron chi connectivity index (χ2n) is 7.21. The van der Waals surface area contributed by atoms with Crippen LogP contribution in [-0.2, 0) is 17.6 Å². The van der Waals surface area contributed by atoms with Gasteiger partial charge in [-0.2, -0.15) is 5.10 Å². The molecular formula is C19H27N5O. The van der Waals surface area contributed by atoms with E-state index >= 15 is 0 Å². The van der Waals surface area contributed by atoms with E-state index in [4.69, 9.17) is 0 Å². The predicted molar refractivity (Wildman–Crippen MR) is 96.4 cm³/mol. The SMILES string of the molecule is CC(C)Cc1nc(CCC(=O)NC2CCCC2)n(-c2ccncc2)n1. The van der Waals surface area contributed by atoms with Crippen molar-refractivity contribution in [3.8, 4) is 5.69 Å². The summed E-state index contributed by atoms with van der Waals surface area (Å²) in [6.45, 7) is 4.31. The molecule has 1 saturated carbocycles. The van der Waals surface area contributed by atoms with Crippen molar-refractivity contribution in [1.82, 2.24) is 25.1 Å². The Balaban J connectivity index is 1.70. The Morgan fingerprint density at radius 2 is 2.00 bits per heavy atom. The fourth-order valence-electron chi connectivity index (χ4n) is 3.29. The topological polar surface area (TPSA) is 72.7 Å². The van der Waals surface area contributed by atoms with Crippen molar-refractivity contribution in [2.75, 3.05) is 0 Å². The maximum atomic E-state index is 12.2. The highest BCUT2D eigenvalue weighted by atomic mass is 16.1. The Bertz CT molecular complexity index is 689. The largest absolute Gasteiger partial charge is 0.353 e. The average molecular weight is 341 g/mol. The summed E-state index contributed by atoms with van der Waals surface area (Å²) in [4.78, 5) is 21.0. The van der Waals surface area contributed by atoms with E-state index in [-0.39, 0.29) is 5.91 Å². The number of pyridine rings is 1. The van der Waals surface area contributed by atoms with Crippen molar-refractivity contribution in [2.45, 2.75) is 64.8 Å². The van der Waals surface area contributed by atoms with E-state index in [9.17, 15) is 4.79 Å². The maximum Gasteiger partial charge on any atom is 0.220 e. The van der Waals surface area contributed by atoms with Crippen LogP contribution in [0.4, 0.5) is 0 Å². The van der Waals surface area contributed by atoms with Gasteiger partial charge in [-0.3, -0.25) is 9.78 Å². The molecule has 2 aromatic heterocycles. The highest BCUT2D eigenvalue weighted by Gasteiger charge is 2.18. The van der Waals surface area contributed by atoms with Gasteiger partial charge in [0.05, 0.1) is 5.69 Å². The number of nitrogens with one attached hydrogen (secondary N) is 1. The summed E-state index contributed by atoms with van der Waals surface area (Å²) < 4.78 is 1.85. The Morgan fingerprint density at radius 1 is 1.28 bits per heavy atom. The van der Waals surface area contributed by atoms with Gasteiger partial charge in [0, 0.05) is 37.7 Å². The summed E-state index contributed by atoms with van der Waals surface area (Å²) in [5.74, 6) is 2.27. The summed E-state index contributed by atoms with van der Waals surface area (Å²) >= 11 is 0. The van der Waals surface area contributed by atoms with Crippen molar-refractivity contribution in [3.63, 3.8) is 0 Å². The molecule has 6 heteroatoms. The highest BCUT2D eigenvalue weighted by Crippen LogP contribution is 2.18. The van der Waals surface area contributed by atoms with E-state index in [2.05, 4.69) is 34.2 Å². The van der Waals surface area contributed by atoms with Gasteiger partial charge in [0.1, 0.15) is 5.82 Å². The molecule has 0 radical (unpaired) electrons. The minimum Gasteiger partial charge on any atom is -0.353 e. The van der Waals surface area contributed by atoms with E-state index in [1.54, 1.807) is 12.4 Å². The molecule has 0 saturated heterocycles. The standard InChI is InChI=1S/C19H27N5O/c1-14(2)13-17-22-18(24(23-17)16-9-11-20-12-10-16)7-8-19(25)21-15-5-3-4-6-15/h9-12,14-15H,3-8,13H2,1-2H3,(H,21,25). The molecule has 1 fully saturated rings. The molecule has 0 atom stereocenters. The van der Waals surface area contributed by atoms with Crippen LogP contribution >= 0.6 is 0 Å². The van der Waals surface area contributed by atoms with Crippen LogP contribution in [0.2, 0.25) is 0 Å². The molecule has 25 heavy (non-hydrogen) atoms. The molecule has 1 N–H and O–H groups in total. The quantitative estimate of drug-likeness (QED) is 0.840. The number of hydrogen-bond acceptors (Lipinski definition) is 4. The maximum absolute atomic E-state index is 12.2. The third-order valence-corrected chi connectivity index (χ3v) is 4.51. The van der Waals surface area contributed by atoms with Gasteiger partial charge >= 0.3 is 0 Å². The number of carbonyl (C=O) groups is 1. The molecule has 1 aliphatic carbocycles. The molecular weight excluding hydrogens is 314 g/mol. The zero-order chi connectivity index (χ0) is 17.6. The molecule has 0 spiro atoms.